The van der Waals surface area contributed by atoms with E-state index in [0.29, 0.717) is 10.5 Å². The van der Waals surface area contributed by atoms with Crippen molar-refractivity contribution < 1.29 is 14.7 Å². The average Bonchev–Trinajstić information content (AvgIpc) is 2.04. The third-order valence-electron chi connectivity index (χ3n) is 1.63. The molecule has 0 bridgehead atoms. The Balaban J connectivity index is 0.00000169. The van der Waals surface area contributed by atoms with E-state index in [1.165, 1.54) is 19.1 Å². The minimum Gasteiger partial charge on any atom is -0.478 e. The quantitative estimate of drug-likeness (QED) is 0.450. The second-order valence-corrected chi connectivity index (χ2v) is 3.08. The van der Waals surface area contributed by atoms with Crippen molar-refractivity contribution in [2.24, 2.45) is 0 Å². The molecule has 0 heterocycles. The molecule has 5 heteroatoms. The summed E-state index contributed by atoms with van der Waals surface area (Å²) in [5.41, 5.74) is 0.436. The summed E-state index contributed by atoms with van der Waals surface area (Å²) >= 11 is 3.96. The van der Waals surface area contributed by atoms with E-state index in [-0.39, 0.29) is 40.9 Å². The number of carbonyl (C=O) groups is 2. The summed E-state index contributed by atoms with van der Waals surface area (Å²) in [6.45, 7) is 1.39. The minimum atomic E-state index is -1.08. The second-order valence-electron chi connectivity index (χ2n) is 2.59. The van der Waals surface area contributed by atoms with Gasteiger partial charge in [0.15, 0.2) is 5.78 Å². The summed E-state index contributed by atoms with van der Waals surface area (Å²) in [6, 6.07) is 4.38. The van der Waals surface area contributed by atoms with Crippen molar-refractivity contribution in [1.82, 2.24) is 0 Å². The standard InChI is InChI=1S/C9H8O3S.Na/c1-5(10)6-2-3-8(13)7(4-6)9(11)12;/h2-4,13H,1H3,(H,11,12);. The van der Waals surface area contributed by atoms with Crippen LogP contribution in [-0.2, 0) is 0 Å². The molecule has 0 spiro atoms. The molecule has 1 N–H and O–H groups in total. The van der Waals surface area contributed by atoms with Crippen molar-refractivity contribution >= 4 is 53.9 Å². The molecule has 69 valence electrons. The number of hydrogen-bond donors (Lipinski definition) is 2. The number of Topliss-reactive ketones (excluding diaryl/α,β-unsaturated/α-hetero) is 1. The molecular weight excluding hydrogens is 211 g/mol. The van der Waals surface area contributed by atoms with Crippen LogP contribution in [0.5, 0.6) is 0 Å². The van der Waals surface area contributed by atoms with Crippen LogP contribution in [0.4, 0.5) is 0 Å². The summed E-state index contributed by atoms with van der Waals surface area (Å²) in [6.07, 6.45) is 0. The van der Waals surface area contributed by atoms with Crippen molar-refractivity contribution in [3.05, 3.63) is 29.3 Å². The van der Waals surface area contributed by atoms with Crippen LogP contribution in [-0.4, -0.2) is 46.4 Å². The fourth-order valence-corrected chi connectivity index (χ4v) is 1.16. The fourth-order valence-electron chi connectivity index (χ4n) is 0.926. The van der Waals surface area contributed by atoms with E-state index in [0.717, 1.165) is 0 Å². The van der Waals surface area contributed by atoms with Gasteiger partial charge in [0, 0.05) is 40.0 Å². The number of ketones is 1. The van der Waals surface area contributed by atoms with Crippen LogP contribution >= 0.6 is 12.6 Å². The van der Waals surface area contributed by atoms with Crippen molar-refractivity contribution in [3.8, 4) is 0 Å². The van der Waals surface area contributed by atoms with E-state index in [4.69, 9.17) is 5.11 Å². The predicted molar refractivity (Wildman–Crippen MR) is 56.4 cm³/mol. The average molecular weight is 219 g/mol. The van der Waals surface area contributed by atoms with Crippen molar-refractivity contribution in [1.29, 1.82) is 0 Å². The first-order valence-corrected chi connectivity index (χ1v) is 4.04. The predicted octanol–water partition coefficient (Wildman–Crippen LogP) is 1.50. The van der Waals surface area contributed by atoms with Gasteiger partial charge in [0.25, 0.3) is 0 Å². The monoisotopic (exact) mass is 219 g/mol. The van der Waals surface area contributed by atoms with Crippen LogP contribution in [0.25, 0.3) is 0 Å². The molecule has 0 atom stereocenters. The second kappa shape index (κ2) is 5.56. The Morgan fingerprint density at radius 1 is 1.36 bits per heavy atom. The molecule has 0 amide bonds. The number of aromatic carboxylic acids is 1. The molecule has 0 fully saturated rings. The zero-order valence-corrected chi connectivity index (χ0v) is 10.8. The maximum absolute atomic E-state index is 10.9. The van der Waals surface area contributed by atoms with E-state index in [2.05, 4.69) is 12.6 Å². The minimum absolute atomic E-state index is 0. The molecule has 0 saturated carbocycles. The van der Waals surface area contributed by atoms with Crippen LogP contribution < -0.4 is 0 Å². The van der Waals surface area contributed by atoms with Crippen LogP contribution in [0.2, 0.25) is 0 Å². The number of rotatable bonds is 2. The van der Waals surface area contributed by atoms with Gasteiger partial charge in [0.1, 0.15) is 0 Å². The number of carbonyl (C=O) groups excluding carboxylic acids is 1. The van der Waals surface area contributed by atoms with E-state index >= 15 is 0 Å². The zero-order valence-electron chi connectivity index (χ0n) is 7.94. The molecule has 0 saturated heterocycles. The van der Waals surface area contributed by atoms with E-state index in [1.54, 1.807) is 6.07 Å². The van der Waals surface area contributed by atoms with Gasteiger partial charge < -0.3 is 5.11 Å². The normalized spacial score (nSPS) is 9.00. The molecule has 0 aromatic heterocycles. The van der Waals surface area contributed by atoms with Gasteiger partial charge in [-0.3, -0.25) is 4.79 Å². The Bertz CT molecular complexity index is 376. The largest absolute Gasteiger partial charge is 0.478 e. The summed E-state index contributed by atoms with van der Waals surface area (Å²) < 4.78 is 0. The number of thiol groups is 1. The van der Waals surface area contributed by atoms with Crippen molar-refractivity contribution in [2.45, 2.75) is 11.8 Å². The molecule has 0 aliphatic carbocycles. The van der Waals surface area contributed by atoms with Gasteiger partial charge in [0.05, 0.1) is 5.56 Å². The first-order valence-electron chi connectivity index (χ1n) is 3.59. The topological polar surface area (TPSA) is 54.4 Å². The van der Waals surface area contributed by atoms with Gasteiger partial charge in [-0.15, -0.1) is 12.6 Å². The molecule has 0 aliphatic rings. The van der Waals surface area contributed by atoms with E-state index in [1.807, 2.05) is 0 Å². The molecule has 0 aliphatic heterocycles. The fraction of sp³-hybridized carbons (Fsp3) is 0.111. The third-order valence-corrected chi connectivity index (χ3v) is 2.02. The first-order chi connectivity index (χ1) is 6.02. The molecule has 1 rings (SSSR count). The zero-order chi connectivity index (χ0) is 10.0. The Labute approximate surface area is 109 Å². The first kappa shape index (κ1) is 13.7. The maximum Gasteiger partial charge on any atom is 0.336 e. The van der Waals surface area contributed by atoms with Gasteiger partial charge >= 0.3 is 5.97 Å². The van der Waals surface area contributed by atoms with Gasteiger partial charge in [0.2, 0.25) is 0 Å². The van der Waals surface area contributed by atoms with Gasteiger partial charge in [-0.05, 0) is 19.1 Å². The number of carboxylic acids is 1. The van der Waals surface area contributed by atoms with Crippen LogP contribution in [0, 0.1) is 0 Å². The van der Waals surface area contributed by atoms with Gasteiger partial charge in [-0.1, -0.05) is 6.07 Å². The molecule has 0 unspecified atom stereocenters. The van der Waals surface area contributed by atoms with Crippen LogP contribution in [0.3, 0.4) is 0 Å². The molecule has 14 heavy (non-hydrogen) atoms. The van der Waals surface area contributed by atoms with E-state index in [9.17, 15) is 9.59 Å². The number of carboxylic acid groups (broad SMARTS) is 1. The summed E-state index contributed by atoms with van der Waals surface area (Å²) in [5.74, 6) is -1.23. The van der Waals surface area contributed by atoms with Crippen molar-refractivity contribution in [2.75, 3.05) is 0 Å². The molecule has 1 aromatic rings. The molecule has 1 aromatic carbocycles. The van der Waals surface area contributed by atoms with Gasteiger partial charge in [-0.25, -0.2) is 4.79 Å². The Morgan fingerprint density at radius 3 is 2.36 bits per heavy atom. The van der Waals surface area contributed by atoms with Gasteiger partial charge in [-0.2, -0.15) is 0 Å². The van der Waals surface area contributed by atoms with Crippen LogP contribution in [0.15, 0.2) is 23.1 Å². The molecular formula is C9H8NaO3S. The Morgan fingerprint density at radius 2 is 1.93 bits per heavy atom. The summed E-state index contributed by atoms with van der Waals surface area (Å²) in [4.78, 5) is 21.9. The molecule has 3 nitrogen and oxygen atoms in total. The molecule has 1 radical (unpaired) electrons. The summed E-state index contributed by atoms with van der Waals surface area (Å²) in [7, 11) is 0. The number of hydrogen-bond acceptors (Lipinski definition) is 3. The maximum atomic E-state index is 10.9. The van der Waals surface area contributed by atoms with Crippen molar-refractivity contribution in [3.63, 3.8) is 0 Å². The smallest absolute Gasteiger partial charge is 0.336 e. The Hall–Kier alpha value is -0.290. The SMILES string of the molecule is CC(=O)c1ccc(S)c(C(=O)O)c1.[Na]. The van der Waals surface area contributed by atoms with Crippen LogP contribution in [0.1, 0.15) is 27.6 Å². The number of benzene rings is 1. The summed E-state index contributed by atoms with van der Waals surface area (Å²) in [5, 5.41) is 8.71. The Kier molecular flexibility index (Phi) is 5.44. The van der Waals surface area contributed by atoms with E-state index < -0.39 is 5.97 Å². The third kappa shape index (κ3) is 3.13.